The zero-order valence-electron chi connectivity index (χ0n) is 13.0. The number of aliphatic hydroxyl groups excluding tert-OH is 1. The fraction of sp³-hybridized carbons (Fsp3) is 0.600. The van der Waals surface area contributed by atoms with Gasteiger partial charge in [-0.3, -0.25) is 0 Å². The summed E-state index contributed by atoms with van der Waals surface area (Å²) >= 11 is 6.41. The Morgan fingerprint density at radius 1 is 1.29 bits per heavy atom. The zero-order valence-corrected chi connectivity index (χ0v) is 13.8. The zero-order chi connectivity index (χ0) is 16.0. The molecule has 0 bridgehead atoms. The normalized spacial score (nSPS) is 15.4. The lowest BCUT2D eigenvalue weighted by molar-refractivity contribution is 0.201. The Kier molecular flexibility index (Phi) is 7.25. The van der Waals surface area contributed by atoms with Crippen molar-refractivity contribution in [2.45, 2.75) is 25.9 Å². The van der Waals surface area contributed by atoms with Gasteiger partial charge in [0.05, 0.1) is 19.2 Å². The molecular formula is C15H25ClN2O3. The summed E-state index contributed by atoms with van der Waals surface area (Å²) in [4.78, 5) is 0. The lowest BCUT2D eigenvalue weighted by Crippen LogP contribution is -2.39. The molecule has 1 rings (SSSR count). The summed E-state index contributed by atoms with van der Waals surface area (Å²) in [7, 11) is 3.12. The van der Waals surface area contributed by atoms with Crippen LogP contribution in [0.25, 0.3) is 0 Å². The molecule has 3 unspecified atom stereocenters. The van der Waals surface area contributed by atoms with E-state index >= 15 is 0 Å². The van der Waals surface area contributed by atoms with Crippen LogP contribution < -0.4 is 20.5 Å². The van der Waals surface area contributed by atoms with Gasteiger partial charge >= 0.3 is 0 Å². The van der Waals surface area contributed by atoms with E-state index in [1.54, 1.807) is 14.2 Å². The molecule has 0 radical (unpaired) electrons. The minimum atomic E-state index is -0.124. The van der Waals surface area contributed by atoms with Crippen molar-refractivity contribution in [3.05, 3.63) is 22.7 Å². The molecule has 0 saturated heterocycles. The van der Waals surface area contributed by atoms with Crippen LogP contribution in [0, 0.1) is 5.92 Å². The van der Waals surface area contributed by atoms with Gasteiger partial charge in [0.25, 0.3) is 0 Å². The highest BCUT2D eigenvalue weighted by molar-refractivity contribution is 6.33. The molecule has 0 spiro atoms. The van der Waals surface area contributed by atoms with Gasteiger partial charge in [0.1, 0.15) is 0 Å². The summed E-state index contributed by atoms with van der Waals surface area (Å²) in [6.07, 6.45) is 0. The molecule has 21 heavy (non-hydrogen) atoms. The van der Waals surface area contributed by atoms with Crippen LogP contribution in [0.4, 0.5) is 0 Å². The lowest BCUT2D eigenvalue weighted by Gasteiger charge is -2.27. The quantitative estimate of drug-likeness (QED) is 0.683. The Morgan fingerprint density at radius 2 is 1.95 bits per heavy atom. The third-order valence-electron chi connectivity index (χ3n) is 3.73. The number of nitrogens with one attached hydrogen (secondary N) is 1. The first-order valence-corrected chi connectivity index (χ1v) is 7.35. The number of rotatable bonds is 8. The maximum absolute atomic E-state index is 9.23. The van der Waals surface area contributed by atoms with Gasteiger partial charge in [-0.05, 0) is 24.5 Å². The fourth-order valence-electron chi connectivity index (χ4n) is 2.10. The molecule has 0 aliphatic heterocycles. The molecular weight excluding hydrogens is 292 g/mol. The molecule has 120 valence electrons. The maximum atomic E-state index is 9.23. The lowest BCUT2D eigenvalue weighted by atomic mass is 10.0. The van der Waals surface area contributed by atoms with Gasteiger partial charge in [-0.2, -0.15) is 0 Å². The van der Waals surface area contributed by atoms with Crippen molar-refractivity contribution in [3.8, 4) is 11.5 Å². The third kappa shape index (κ3) is 4.23. The number of hydrogen-bond donors (Lipinski definition) is 3. The van der Waals surface area contributed by atoms with Gasteiger partial charge < -0.3 is 25.6 Å². The minimum absolute atomic E-state index is 0.104. The van der Waals surface area contributed by atoms with Crippen molar-refractivity contribution in [2.24, 2.45) is 11.7 Å². The van der Waals surface area contributed by atoms with Gasteiger partial charge in [0.2, 0.25) is 0 Å². The largest absolute Gasteiger partial charge is 0.493 e. The van der Waals surface area contributed by atoms with E-state index in [9.17, 15) is 5.11 Å². The van der Waals surface area contributed by atoms with Crippen LogP contribution in [0.15, 0.2) is 12.1 Å². The minimum Gasteiger partial charge on any atom is -0.493 e. The summed E-state index contributed by atoms with van der Waals surface area (Å²) < 4.78 is 10.5. The van der Waals surface area contributed by atoms with E-state index in [2.05, 4.69) is 5.32 Å². The number of aliphatic hydroxyl groups is 1. The molecule has 0 fully saturated rings. The molecule has 1 aromatic rings. The number of ether oxygens (including phenoxy) is 2. The second-order valence-electron chi connectivity index (χ2n) is 5.11. The summed E-state index contributed by atoms with van der Waals surface area (Å²) in [5.74, 6) is 1.21. The predicted molar refractivity (Wildman–Crippen MR) is 85.2 cm³/mol. The van der Waals surface area contributed by atoms with Crippen molar-refractivity contribution < 1.29 is 14.6 Å². The molecule has 0 aliphatic carbocycles. The van der Waals surface area contributed by atoms with Gasteiger partial charge in [-0.25, -0.2) is 0 Å². The Morgan fingerprint density at radius 3 is 2.43 bits per heavy atom. The molecule has 0 aromatic heterocycles. The molecule has 5 nitrogen and oxygen atoms in total. The van der Waals surface area contributed by atoms with Crippen molar-refractivity contribution in [2.75, 3.05) is 27.4 Å². The van der Waals surface area contributed by atoms with Crippen LogP contribution in [-0.2, 0) is 0 Å². The van der Waals surface area contributed by atoms with Gasteiger partial charge in [0.15, 0.2) is 11.5 Å². The van der Waals surface area contributed by atoms with Crippen LogP contribution in [-0.4, -0.2) is 38.5 Å². The van der Waals surface area contributed by atoms with E-state index < -0.39 is 0 Å². The second kappa shape index (κ2) is 8.44. The smallest absolute Gasteiger partial charge is 0.179 e. The standard InChI is InChI=1S/C15H25ClN2O3/c1-9(8-19)10(2)18-12(7-17)11-5-6-13(20-3)15(21-4)14(11)16/h5-6,9-10,12,18-19H,7-8,17H2,1-4H3. The number of hydrogen-bond acceptors (Lipinski definition) is 5. The van der Waals surface area contributed by atoms with Crippen molar-refractivity contribution in [1.82, 2.24) is 5.32 Å². The Bertz CT molecular complexity index is 457. The Labute approximate surface area is 131 Å². The van der Waals surface area contributed by atoms with E-state index in [0.29, 0.717) is 23.1 Å². The first-order chi connectivity index (χ1) is 9.99. The van der Waals surface area contributed by atoms with Gasteiger partial charge in [-0.1, -0.05) is 24.6 Å². The van der Waals surface area contributed by atoms with Crippen molar-refractivity contribution in [3.63, 3.8) is 0 Å². The van der Waals surface area contributed by atoms with E-state index in [1.165, 1.54) is 0 Å². The van der Waals surface area contributed by atoms with E-state index in [-0.39, 0.29) is 24.6 Å². The van der Waals surface area contributed by atoms with Crippen LogP contribution in [0.5, 0.6) is 11.5 Å². The molecule has 1 aromatic carbocycles. The van der Waals surface area contributed by atoms with Gasteiger partial charge in [0, 0.05) is 25.2 Å². The van der Waals surface area contributed by atoms with Crippen molar-refractivity contribution >= 4 is 11.6 Å². The van der Waals surface area contributed by atoms with Crippen LogP contribution in [0.3, 0.4) is 0 Å². The summed E-state index contributed by atoms with van der Waals surface area (Å²) in [6, 6.07) is 3.67. The number of methoxy groups -OCH3 is 2. The highest BCUT2D eigenvalue weighted by Gasteiger charge is 2.22. The number of nitrogens with two attached hydrogens (primary N) is 1. The number of halogens is 1. The molecule has 0 saturated carbocycles. The summed E-state index contributed by atoms with van der Waals surface area (Å²) in [5, 5.41) is 13.1. The SMILES string of the molecule is COc1ccc(C(CN)NC(C)C(C)CO)c(Cl)c1OC. The highest BCUT2D eigenvalue weighted by Crippen LogP contribution is 2.39. The monoisotopic (exact) mass is 316 g/mol. The van der Waals surface area contributed by atoms with E-state index in [0.717, 1.165) is 5.56 Å². The van der Waals surface area contributed by atoms with E-state index in [4.69, 9.17) is 26.8 Å². The molecule has 3 atom stereocenters. The number of benzene rings is 1. The predicted octanol–water partition coefficient (Wildman–Crippen LogP) is 1.96. The summed E-state index contributed by atoms with van der Waals surface area (Å²) in [5.41, 5.74) is 6.73. The average Bonchev–Trinajstić information content (AvgIpc) is 2.51. The van der Waals surface area contributed by atoms with E-state index in [1.807, 2.05) is 26.0 Å². The van der Waals surface area contributed by atoms with Crippen molar-refractivity contribution in [1.29, 1.82) is 0 Å². The molecule has 0 aliphatic rings. The average molecular weight is 317 g/mol. The highest BCUT2D eigenvalue weighted by atomic mass is 35.5. The Hall–Kier alpha value is -1.01. The maximum Gasteiger partial charge on any atom is 0.179 e. The van der Waals surface area contributed by atoms with Crippen LogP contribution in [0.2, 0.25) is 5.02 Å². The third-order valence-corrected chi connectivity index (χ3v) is 4.12. The van der Waals surface area contributed by atoms with Gasteiger partial charge in [-0.15, -0.1) is 0 Å². The topological polar surface area (TPSA) is 76.7 Å². The molecule has 6 heteroatoms. The first kappa shape index (κ1) is 18.0. The second-order valence-corrected chi connectivity index (χ2v) is 5.49. The van der Waals surface area contributed by atoms with Crippen LogP contribution >= 0.6 is 11.6 Å². The molecule has 0 amide bonds. The molecule has 4 N–H and O–H groups in total. The molecule has 0 heterocycles. The first-order valence-electron chi connectivity index (χ1n) is 6.97. The summed E-state index contributed by atoms with van der Waals surface area (Å²) in [6.45, 7) is 4.49. The fourth-order valence-corrected chi connectivity index (χ4v) is 2.46. The Balaban J connectivity index is 3.06. The van der Waals surface area contributed by atoms with Crippen LogP contribution in [0.1, 0.15) is 25.5 Å².